The molecule has 1 aromatic heterocycles. The number of Topliss-reactive ketones (excluding diaryl/α,β-unsaturated/α-hetero) is 1. The second-order valence-electron chi connectivity index (χ2n) is 3.45. The molecule has 0 fully saturated rings. The Morgan fingerprint density at radius 3 is 2.39 bits per heavy atom. The van der Waals surface area contributed by atoms with Crippen LogP contribution in [-0.2, 0) is 0 Å². The van der Waals surface area contributed by atoms with Gasteiger partial charge >= 0.3 is 0 Å². The van der Waals surface area contributed by atoms with Crippen molar-refractivity contribution in [1.82, 2.24) is 10.2 Å². The van der Waals surface area contributed by atoms with Crippen molar-refractivity contribution in [3.05, 3.63) is 39.3 Å². The predicted octanol–water partition coefficient (Wildman–Crippen LogP) is 2.65. The molecule has 1 amide bonds. The van der Waals surface area contributed by atoms with Crippen molar-refractivity contribution < 1.29 is 9.59 Å². The fourth-order valence-electron chi connectivity index (χ4n) is 1.27. The molecule has 1 heterocycles. The molecular formula is C11H8ClN3O2S. The largest absolute Gasteiger partial charge is 0.320 e. The fourth-order valence-corrected chi connectivity index (χ4v) is 1.99. The molecule has 0 aliphatic heterocycles. The Balaban J connectivity index is 2.10. The molecule has 92 valence electrons. The van der Waals surface area contributed by atoms with Crippen LogP contribution in [0.15, 0.2) is 24.3 Å². The Morgan fingerprint density at radius 2 is 1.89 bits per heavy atom. The summed E-state index contributed by atoms with van der Waals surface area (Å²) in [6.45, 7) is 1.48. The van der Waals surface area contributed by atoms with Crippen LogP contribution in [0.2, 0.25) is 4.47 Å². The van der Waals surface area contributed by atoms with Crippen molar-refractivity contribution in [2.24, 2.45) is 0 Å². The summed E-state index contributed by atoms with van der Waals surface area (Å²) in [6, 6.07) is 6.59. The van der Waals surface area contributed by atoms with Crippen LogP contribution in [0.4, 0.5) is 5.69 Å². The average molecular weight is 282 g/mol. The van der Waals surface area contributed by atoms with E-state index in [0.717, 1.165) is 11.3 Å². The van der Waals surface area contributed by atoms with E-state index >= 15 is 0 Å². The summed E-state index contributed by atoms with van der Waals surface area (Å²) in [5, 5.41) is 10.0. The van der Waals surface area contributed by atoms with E-state index in [-0.39, 0.29) is 21.2 Å². The first-order chi connectivity index (χ1) is 8.56. The van der Waals surface area contributed by atoms with E-state index in [1.807, 2.05) is 0 Å². The summed E-state index contributed by atoms with van der Waals surface area (Å²) in [4.78, 5) is 22.8. The van der Waals surface area contributed by atoms with Crippen LogP contribution in [0, 0.1) is 0 Å². The zero-order valence-corrected chi connectivity index (χ0v) is 10.9. The van der Waals surface area contributed by atoms with Crippen LogP contribution in [0.25, 0.3) is 0 Å². The molecule has 1 aromatic carbocycles. The lowest BCUT2D eigenvalue weighted by Gasteiger charge is -2.03. The van der Waals surface area contributed by atoms with E-state index in [1.165, 1.54) is 6.92 Å². The molecule has 0 spiro atoms. The molecule has 2 rings (SSSR count). The highest BCUT2D eigenvalue weighted by Crippen LogP contribution is 2.17. The summed E-state index contributed by atoms with van der Waals surface area (Å²) in [7, 11) is 0. The zero-order chi connectivity index (χ0) is 13.1. The minimum absolute atomic E-state index is 0.0243. The van der Waals surface area contributed by atoms with Gasteiger partial charge in [-0.2, -0.15) is 0 Å². The molecule has 0 aliphatic rings. The highest BCUT2D eigenvalue weighted by Gasteiger charge is 2.12. The fraction of sp³-hybridized carbons (Fsp3) is 0.0909. The molecular weight excluding hydrogens is 274 g/mol. The number of ketones is 1. The number of rotatable bonds is 3. The van der Waals surface area contributed by atoms with Gasteiger partial charge in [0.05, 0.1) is 0 Å². The summed E-state index contributed by atoms with van der Waals surface area (Å²) >= 11 is 6.59. The van der Waals surface area contributed by atoms with Crippen molar-refractivity contribution in [3.8, 4) is 0 Å². The quantitative estimate of drug-likeness (QED) is 0.878. The van der Waals surface area contributed by atoms with Crippen LogP contribution in [0.5, 0.6) is 0 Å². The highest BCUT2D eigenvalue weighted by molar-refractivity contribution is 7.17. The number of benzene rings is 1. The lowest BCUT2D eigenvalue weighted by atomic mass is 10.1. The third-order valence-electron chi connectivity index (χ3n) is 2.14. The molecule has 0 atom stereocenters. The topological polar surface area (TPSA) is 72.0 Å². The van der Waals surface area contributed by atoms with E-state index in [4.69, 9.17) is 11.6 Å². The molecule has 0 aliphatic carbocycles. The number of amides is 1. The molecule has 1 N–H and O–H groups in total. The van der Waals surface area contributed by atoms with Gasteiger partial charge in [-0.15, -0.1) is 10.2 Å². The van der Waals surface area contributed by atoms with E-state index in [2.05, 4.69) is 15.5 Å². The van der Waals surface area contributed by atoms with Gasteiger partial charge in [0.25, 0.3) is 5.91 Å². The molecule has 18 heavy (non-hydrogen) atoms. The van der Waals surface area contributed by atoms with Crippen LogP contribution in [-0.4, -0.2) is 21.9 Å². The van der Waals surface area contributed by atoms with Crippen LogP contribution in [0.1, 0.15) is 27.1 Å². The van der Waals surface area contributed by atoms with Crippen molar-refractivity contribution in [3.63, 3.8) is 0 Å². The minimum Gasteiger partial charge on any atom is -0.320 e. The van der Waals surface area contributed by atoms with E-state index < -0.39 is 0 Å². The number of hydrogen-bond donors (Lipinski definition) is 1. The standard InChI is InChI=1S/C11H8ClN3O2S/c1-6(16)7-2-4-8(5-3-7)13-9(17)10-14-15-11(12)18-10/h2-5H,1H3,(H,13,17). The monoisotopic (exact) mass is 281 g/mol. The maximum atomic E-state index is 11.7. The van der Waals surface area contributed by atoms with Crippen LogP contribution < -0.4 is 5.32 Å². The number of halogens is 1. The average Bonchev–Trinajstić information content (AvgIpc) is 2.76. The van der Waals surface area contributed by atoms with Gasteiger partial charge in [-0.25, -0.2) is 0 Å². The number of hydrogen-bond acceptors (Lipinski definition) is 5. The van der Waals surface area contributed by atoms with Gasteiger partial charge in [-0.3, -0.25) is 9.59 Å². The van der Waals surface area contributed by atoms with E-state index in [9.17, 15) is 9.59 Å². The van der Waals surface area contributed by atoms with Crippen LogP contribution >= 0.6 is 22.9 Å². The highest BCUT2D eigenvalue weighted by atomic mass is 35.5. The lowest BCUT2D eigenvalue weighted by Crippen LogP contribution is -2.11. The normalized spacial score (nSPS) is 10.1. The molecule has 5 nitrogen and oxygen atoms in total. The Labute approximate surface area is 112 Å². The molecule has 0 bridgehead atoms. The predicted molar refractivity (Wildman–Crippen MR) is 69.3 cm³/mol. The van der Waals surface area contributed by atoms with Gasteiger partial charge in [-0.1, -0.05) is 11.3 Å². The Bertz CT molecular complexity index is 595. The van der Waals surface area contributed by atoms with Gasteiger partial charge in [0.1, 0.15) is 0 Å². The van der Waals surface area contributed by atoms with Crippen molar-refractivity contribution in [2.45, 2.75) is 6.92 Å². The van der Waals surface area contributed by atoms with Crippen molar-refractivity contribution in [2.75, 3.05) is 5.32 Å². The SMILES string of the molecule is CC(=O)c1ccc(NC(=O)c2nnc(Cl)s2)cc1. The van der Waals surface area contributed by atoms with Gasteiger partial charge in [0.2, 0.25) is 9.47 Å². The number of nitrogens with one attached hydrogen (secondary N) is 1. The van der Waals surface area contributed by atoms with Gasteiger partial charge in [0.15, 0.2) is 5.78 Å². The lowest BCUT2D eigenvalue weighted by molar-refractivity contribution is 0.101. The van der Waals surface area contributed by atoms with Gasteiger partial charge in [-0.05, 0) is 42.8 Å². The number of aromatic nitrogens is 2. The molecule has 0 saturated heterocycles. The third kappa shape index (κ3) is 2.91. The van der Waals surface area contributed by atoms with Crippen molar-refractivity contribution in [1.29, 1.82) is 0 Å². The first-order valence-corrected chi connectivity index (χ1v) is 6.17. The molecule has 0 unspecified atom stereocenters. The summed E-state index contributed by atoms with van der Waals surface area (Å²) < 4.78 is 0.215. The van der Waals surface area contributed by atoms with Gasteiger partial charge in [0, 0.05) is 11.3 Å². The summed E-state index contributed by atoms with van der Waals surface area (Å²) in [5.74, 6) is -0.404. The Hall–Kier alpha value is -1.79. The number of carbonyl (C=O) groups is 2. The maximum absolute atomic E-state index is 11.7. The first kappa shape index (κ1) is 12.7. The summed E-state index contributed by atoms with van der Waals surface area (Å²) in [6.07, 6.45) is 0. The van der Waals surface area contributed by atoms with Crippen molar-refractivity contribution >= 4 is 40.3 Å². The smallest absolute Gasteiger partial charge is 0.286 e. The zero-order valence-electron chi connectivity index (χ0n) is 9.31. The second-order valence-corrected chi connectivity index (χ2v) is 5.01. The maximum Gasteiger partial charge on any atom is 0.286 e. The first-order valence-electron chi connectivity index (χ1n) is 4.97. The molecule has 0 saturated carbocycles. The number of nitrogens with zero attached hydrogens (tertiary/aromatic N) is 2. The molecule has 2 aromatic rings. The third-order valence-corrected chi connectivity index (χ3v) is 3.16. The number of anilines is 1. The second kappa shape index (κ2) is 5.24. The minimum atomic E-state index is -0.380. The van der Waals surface area contributed by atoms with Gasteiger partial charge < -0.3 is 5.32 Å². The Morgan fingerprint density at radius 1 is 1.22 bits per heavy atom. The summed E-state index contributed by atoms with van der Waals surface area (Å²) in [5.41, 5.74) is 1.17. The van der Waals surface area contributed by atoms with E-state index in [1.54, 1.807) is 24.3 Å². The number of carbonyl (C=O) groups excluding carboxylic acids is 2. The molecule has 0 radical (unpaired) electrons. The van der Waals surface area contributed by atoms with E-state index in [0.29, 0.717) is 11.3 Å². The Kier molecular flexibility index (Phi) is 3.69. The van der Waals surface area contributed by atoms with Crippen LogP contribution in [0.3, 0.4) is 0 Å². The molecule has 7 heteroatoms.